The molecule has 0 radical (unpaired) electrons. The van der Waals surface area contributed by atoms with Crippen LogP contribution in [0.1, 0.15) is 40.2 Å². The summed E-state index contributed by atoms with van der Waals surface area (Å²) in [4.78, 5) is 14.6. The molecule has 162 valence electrons. The van der Waals surface area contributed by atoms with E-state index >= 15 is 0 Å². The highest BCUT2D eigenvalue weighted by molar-refractivity contribution is 5.70. The standard InChI is InChI=1S/C22H34N2O5/c1-21(2,3)29-20(26)24-17(15-28-22(24,4)5)19(18(27-6)12-13-25)23-14-16-10-8-7-9-11-16/h7-12,17,19,23,25H,13-15H2,1-6H3/b18-12+/t17-,19+/m0/s1. The van der Waals surface area contributed by atoms with Crippen LogP contribution in [0, 0.1) is 0 Å². The second kappa shape index (κ2) is 9.61. The van der Waals surface area contributed by atoms with Crippen molar-refractivity contribution in [2.24, 2.45) is 0 Å². The summed E-state index contributed by atoms with van der Waals surface area (Å²) in [5, 5.41) is 12.9. The molecule has 0 bridgehead atoms. The summed E-state index contributed by atoms with van der Waals surface area (Å²) in [5.41, 5.74) is -0.366. The lowest BCUT2D eigenvalue weighted by Gasteiger charge is -2.38. The molecule has 2 atom stereocenters. The number of ether oxygens (including phenoxy) is 3. The molecule has 1 amide bonds. The predicted octanol–water partition coefficient (Wildman–Crippen LogP) is 3.04. The van der Waals surface area contributed by atoms with Gasteiger partial charge in [0.1, 0.15) is 17.1 Å². The number of nitrogens with zero attached hydrogens (tertiary/aromatic N) is 1. The van der Waals surface area contributed by atoms with Crippen LogP contribution in [0.3, 0.4) is 0 Å². The fourth-order valence-corrected chi connectivity index (χ4v) is 3.42. The van der Waals surface area contributed by atoms with Gasteiger partial charge >= 0.3 is 6.09 Å². The molecular weight excluding hydrogens is 372 g/mol. The first-order valence-corrected chi connectivity index (χ1v) is 9.87. The number of nitrogens with one attached hydrogen (secondary N) is 1. The molecule has 7 heteroatoms. The maximum atomic E-state index is 13.0. The third-order valence-corrected chi connectivity index (χ3v) is 4.70. The number of carbonyl (C=O) groups is 1. The van der Waals surface area contributed by atoms with Crippen molar-refractivity contribution < 1.29 is 24.1 Å². The van der Waals surface area contributed by atoms with E-state index in [1.807, 2.05) is 65.0 Å². The van der Waals surface area contributed by atoms with E-state index in [-0.39, 0.29) is 18.7 Å². The Morgan fingerprint density at radius 2 is 2.03 bits per heavy atom. The van der Waals surface area contributed by atoms with Gasteiger partial charge in [0.05, 0.1) is 32.4 Å². The zero-order valence-electron chi connectivity index (χ0n) is 18.3. The summed E-state index contributed by atoms with van der Waals surface area (Å²) in [5.74, 6) is 0.545. The van der Waals surface area contributed by atoms with Gasteiger partial charge in [0, 0.05) is 6.54 Å². The minimum Gasteiger partial charge on any atom is -0.500 e. The predicted molar refractivity (Wildman–Crippen MR) is 111 cm³/mol. The van der Waals surface area contributed by atoms with E-state index in [0.717, 1.165) is 5.56 Å². The SMILES string of the molecule is CO/C(=C/CO)[C@H](NCc1ccccc1)[C@@H]1COC(C)(C)N1C(=O)OC(C)(C)C. The van der Waals surface area contributed by atoms with Crippen LogP contribution >= 0.6 is 0 Å². The molecule has 1 aromatic carbocycles. The molecule has 1 aliphatic heterocycles. The van der Waals surface area contributed by atoms with E-state index in [0.29, 0.717) is 18.9 Å². The van der Waals surface area contributed by atoms with E-state index in [2.05, 4.69) is 5.32 Å². The van der Waals surface area contributed by atoms with E-state index in [9.17, 15) is 9.90 Å². The number of benzene rings is 1. The molecular formula is C22H34N2O5. The molecule has 1 aliphatic rings. The Balaban J connectivity index is 2.33. The average Bonchev–Trinajstić information content (AvgIpc) is 2.95. The van der Waals surface area contributed by atoms with Gasteiger partial charge in [0.25, 0.3) is 0 Å². The molecule has 0 aromatic heterocycles. The van der Waals surface area contributed by atoms with Gasteiger partial charge in [-0.25, -0.2) is 4.79 Å². The summed E-state index contributed by atoms with van der Waals surface area (Å²) in [6, 6.07) is 9.19. The Hall–Kier alpha value is -2.09. The molecule has 2 N–H and O–H groups in total. The number of hydrogen-bond donors (Lipinski definition) is 2. The Morgan fingerprint density at radius 3 is 2.59 bits per heavy atom. The lowest BCUT2D eigenvalue weighted by Crippen LogP contribution is -2.57. The van der Waals surface area contributed by atoms with E-state index in [1.54, 1.807) is 18.1 Å². The lowest BCUT2D eigenvalue weighted by molar-refractivity contribution is -0.0636. The largest absolute Gasteiger partial charge is 0.500 e. The molecule has 0 unspecified atom stereocenters. The summed E-state index contributed by atoms with van der Waals surface area (Å²) in [6.07, 6.45) is 1.15. The molecule has 7 nitrogen and oxygen atoms in total. The summed E-state index contributed by atoms with van der Waals surface area (Å²) >= 11 is 0. The van der Waals surface area contributed by atoms with Crippen LogP contribution in [0.25, 0.3) is 0 Å². The molecule has 0 spiro atoms. The Morgan fingerprint density at radius 1 is 1.38 bits per heavy atom. The fourth-order valence-electron chi connectivity index (χ4n) is 3.42. The second-order valence-corrected chi connectivity index (χ2v) is 8.51. The number of carbonyl (C=O) groups excluding carboxylic acids is 1. The van der Waals surface area contributed by atoms with Crippen molar-refractivity contribution in [3.05, 3.63) is 47.7 Å². The number of aliphatic hydroxyl groups is 1. The van der Waals surface area contributed by atoms with Crippen LogP contribution in [0.2, 0.25) is 0 Å². The quantitative estimate of drug-likeness (QED) is 0.678. The minimum atomic E-state index is -0.836. The minimum absolute atomic E-state index is 0.171. The first kappa shape index (κ1) is 23.2. The maximum Gasteiger partial charge on any atom is 0.412 e. The van der Waals surface area contributed by atoms with Gasteiger partial charge in [-0.3, -0.25) is 4.90 Å². The third-order valence-electron chi connectivity index (χ3n) is 4.70. The van der Waals surface area contributed by atoms with Crippen LogP contribution in [0.4, 0.5) is 4.79 Å². The van der Waals surface area contributed by atoms with Crippen LogP contribution in [-0.4, -0.2) is 59.8 Å². The van der Waals surface area contributed by atoms with Crippen molar-refractivity contribution in [2.75, 3.05) is 20.3 Å². The zero-order chi connectivity index (χ0) is 21.7. The van der Waals surface area contributed by atoms with Gasteiger partial charge in [-0.05, 0) is 46.3 Å². The lowest BCUT2D eigenvalue weighted by atomic mass is 10.0. The summed E-state index contributed by atoms with van der Waals surface area (Å²) < 4.78 is 17.1. The Kier molecular flexibility index (Phi) is 7.68. The first-order chi connectivity index (χ1) is 13.6. The van der Waals surface area contributed by atoms with E-state index in [4.69, 9.17) is 14.2 Å². The van der Waals surface area contributed by atoms with E-state index < -0.39 is 17.4 Å². The maximum absolute atomic E-state index is 13.0. The van der Waals surface area contributed by atoms with Gasteiger partial charge < -0.3 is 24.6 Å². The van der Waals surface area contributed by atoms with Crippen LogP contribution in [0.5, 0.6) is 0 Å². The van der Waals surface area contributed by atoms with Gasteiger partial charge in [-0.2, -0.15) is 0 Å². The number of aliphatic hydroxyl groups excluding tert-OH is 1. The number of amides is 1. The fraction of sp³-hybridized carbons (Fsp3) is 0.591. The number of methoxy groups -OCH3 is 1. The van der Waals surface area contributed by atoms with Gasteiger partial charge in [-0.1, -0.05) is 30.3 Å². The molecule has 1 aromatic rings. The van der Waals surface area contributed by atoms with Gasteiger partial charge in [0.15, 0.2) is 0 Å². The van der Waals surface area contributed by atoms with Crippen molar-refractivity contribution in [1.29, 1.82) is 0 Å². The average molecular weight is 407 g/mol. The van der Waals surface area contributed by atoms with Gasteiger partial charge in [-0.15, -0.1) is 0 Å². The second-order valence-electron chi connectivity index (χ2n) is 8.51. The zero-order valence-corrected chi connectivity index (χ0v) is 18.3. The summed E-state index contributed by atoms with van der Waals surface area (Å²) in [7, 11) is 1.55. The summed E-state index contributed by atoms with van der Waals surface area (Å²) in [6.45, 7) is 9.89. The van der Waals surface area contributed by atoms with Crippen molar-refractivity contribution >= 4 is 6.09 Å². The third kappa shape index (κ3) is 6.19. The molecule has 2 rings (SSSR count). The van der Waals surface area contributed by atoms with Crippen molar-refractivity contribution in [3.63, 3.8) is 0 Å². The highest BCUT2D eigenvalue weighted by Gasteiger charge is 2.49. The molecule has 1 saturated heterocycles. The van der Waals surface area contributed by atoms with Crippen molar-refractivity contribution in [2.45, 2.75) is 64.6 Å². The highest BCUT2D eigenvalue weighted by Crippen LogP contribution is 2.32. The normalized spacial score (nSPS) is 20.4. The Labute approximate surface area is 173 Å². The molecule has 1 heterocycles. The van der Waals surface area contributed by atoms with Crippen molar-refractivity contribution in [3.8, 4) is 0 Å². The molecule has 0 saturated carbocycles. The van der Waals surface area contributed by atoms with Crippen molar-refractivity contribution in [1.82, 2.24) is 10.2 Å². The number of hydrogen-bond acceptors (Lipinski definition) is 6. The molecule has 0 aliphatic carbocycles. The highest BCUT2D eigenvalue weighted by atomic mass is 16.6. The van der Waals surface area contributed by atoms with E-state index in [1.165, 1.54) is 0 Å². The van der Waals surface area contributed by atoms with Crippen LogP contribution < -0.4 is 5.32 Å². The Bertz CT molecular complexity index is 697. The molecule has 29 heavy (non-hydrogen) atoms. The topological polar surface area (TPSA) is 80.3 Å². The first-order valence-electron chi connectivity index (χ1n) is 9.87. The molecule has 1 fully saturated rings. The smallest absolute Gasteiger partial charge is 0.412 e. The van der Waals surface area contributed by atoms with Crippen LogP contribution in [-0.2, 0) is 20.8 Å². The van der Waals surface area contributed by atoms with Gasteiger partial charge in [0.2, 0.25) is 0 Å². The van der Waals surface area contributed by atoms with Crippen LogP contribution in [0.15, 0.2) is 42.2 Å². The monoisotopic (exact) mass is 406 g/mol. The number of rotatable bonds is 7.